The van der Waals surface area contributed by atoms with Crippen LogP contribution in [0.15, 0.2) is 0 Å². The van der Waals surface area contributed by atoms with Gasteiger partial charge in [0, 0.05) is 0 Å². The molecule has 0 aromatic rings. The van der Waals surface area contributed by atoms with Crippen molar-refractivity contribution in [1.82, 2.24) is 0 Å². The Morgan fingerprint density at radius 2 is 2.12 bits per heavy atom. The average Bonchev–Trinajstić information content (AvgIpc) is 2.52. The standard InChI is InChI=1S/C8H13/c1-6-4-8(6)5-7-2-3-7/h7-8H,2-5H2,1H3. The molecule has 8 heavy (non-hydrogen) atoms. The summed E-state index contributed by atoms with van der Waals surface area (Å²) >= 11 is 0. The van der Waals surface area contributed by atoms with Gasteiger partial charge in [-0.1, -0.05) is 19.8 Å². The lowest BCUT2D eigenvalue weighted by Crippen LogP contribution is -1.78. The van der Waals surface area contributed by atoms with Crippen LogP contribution in [0.5, 0.6) is 0 Å². The van der Waals surface area contributed by atoms with Gasteiger partial charge < -0.3 is 0 Å². The molecular formula is C8H13. The highest BCUT2D eigenvalue weighted by Crippen LogP contribution is 2.49. The molecule has 0 amide bonds. The third-order valence-electron chi connectivity index (χ3n) is 2.42. The maximum absolute atomic E-state index is 2.30. The van der Waals surface area contributed by atoms with Gasteiger partial charge in [-0.15, -0.1) is 0 Å². The Kier molecular flexibility index (Phi) is 0.902. The first-order valence-electron chi connectivity index (χ1n) is 3.68. The zero-order chi connectivity index (χ0) is 5.56. The zero-order valence-electron chi connectivity index (χ0n) is 5.48. The molecule has 0 heterocycles. The van der Waals surface area contributed by atoms with Crippen LogP contribution in [0.25, 0.3) is 0 Å². The summed E-state index contributed by atoms with van der Waals surface area (Å²) in [4.78, 5) is 0. The van der Waals surface area contributed by atoms with E-state index in [1.165, 1.54) is 25.7 Å². The number of hydrogen-bond acceptors (Lipinski definition) is 0. The summed E-state index contributed by atoms with van der Waals surface area (Å²) < 4.78 is 0. The molecule has 0 aromatic heterocycles. The lowest BCUT2D eigenvalue weighted by atomic mass is 10.2. The van der Waals surface area contributed by atoms with E-state index in [0.717, 1.165) is 11.8 Å². The van der Waals surface area contributed by atoms with Crippen molar-refractivity contribution in [1.29, 1.82) is 0 Å². The van der Waals surface area contributed by atoms with E-state index in [0.29, 0.717) is 0 Å². The van der Waals surface area contributed by atoms with Gasteiger partial charge in [0.15, 0.2) is 0 Å². The molecule has 0 aromatic carbocycles. The number of rotatable bonds is 2. The minimum Gasteiger partial charge on any atom is -0.0588 e. The Morgan fingerprint density at radius 3 is 2.50 bits per heavy atom. The number of hydrogen-bond donors (Lipinski definition) is 0. The minimum atomic E-state index is 1.07. The Morgan fingerprint density at radius 1 is 1.50 bits per heavy atom. The van der Waals surface area contributed by atoms with E-state index in [-0.39, 0.29) is 0 Å². The van der Waals surface area contributed by atoms with Crippen molar-refractivity contribution in [3.63, 3.8) is 0 Å². The van der Waals surface area contributed by atoms with Crippen LogP contribution in [0, 0.1) is 17.8 Å². The largest absolute Gasteiger partial charge is 0.0588 e. The third kappa shape index (κ3) is 0.888. The maximum Gasteiger partial charge on any atom is -0.0238 e. The zero-order valence-corrected chi connectivity index (χ0v) is 5.48. The molecule has 1 radical (unpaired) electrons. The van der Waals surface area contributed by atoms with Crippen molar-refractivity contribution < 1.29 is 0 Å². The van der Waals surface area contributed by atoms with Crippen LogP contribution in [-0.2, 0) is 0 Å². The van der Waals surface area contributed by atoms with Gasteiger partial charge in [0.05, 0.1) is 0 Å². The van der Waals surface area contributed by atoms with Crippen LogP contribution in [0.4, 0.5) is 0 Å². The summed E-state index contributed by atoms with van der Waals surface area (Å²) in [5, 5.41) is 0. The molecule has 2 saturated carbocycles. The van der Waals surface area contributed by atoms with Crippen LogP contribution in [0.2, 0.25) is 0 Å². The normalized spacial score (nSPS) is 37.9. The van der Waals surface area contributed by atoms with E-state index in [1.54, 1.807) is 5.92 Å². The summed E-state index contributed by atoms with van der Waals surface area (Å²) in [5.41, 5.74) is 0. The molecule has 2 aliphatic carbocycles. The molecule has 0 bridgehead atoms. The van der Waals surface area contributed by atoms with Gasteiger partial charge in [-0.05, 0) is 30.6 Å². The lowest BCUT2D eigenvalue weighted by molar-refractivity contribution is 0.658. The van der Waals surface area contributed by atoms with Gasteiger partial charge in [0.2, 0.25) is 0 Å². The maximum atomic E-state index is 2.30. The van der Waals surface area contributed by atoms with E-state index < -0.39 is 0 Å². The molecular weight excluding hydrogens is 96.1 g/mol. The van der Waals surface area contributed by atoms with Crippen LogP contribution in [-0.4, -0.2) is 0 Å². The first kappa shape index (κ1) is 4.84. The molecule has 1 unspecified atom stereocenters. The van der Waals surface area contributed by atoms with E-state index in [9.17, 15) is 0 Å². The highest BCUT2D eigenvalue weighted by Gasteiger charge is 2.37. The first-order valence-corrected chi connectivity index (χ1v) is 3.68. The summed E-state index contributed by atoms with van der Waals surface area (Å²) in [6, 6.07) is 0. The molecule has 0 nitrogen and oxygen atoms in total. The fourth-order valence-corrected chi connectivity index (χ4v) is 1.37. The Hall–Kier alpha value is 0. The van der Waals surface area contributed by atoms with Crippen LogP contribution in [0.1, 0.15) is 32.6 Å². The van der Waals surface area contributed by atoms with Gasteiger partial charge in [0.25, 0.3) is 0 Å². The van der Waals surface area contributed by atoms with Crippen molar-refractivity contribution in [2.75, 3.05) is 0 Å². The first-order chi connectivity index (χ1) is 3.86. The van der Waals surface area contributed by atoms with Gasteiger partial charge in [-0.25, -0.2) is 0 Å². The van der Waals surface area contributed by atoms with E-state index in [2.05, 4.69) is 6.92 Å². The fourth-order valence-electron chi connectivity index (χ4n) is 1.37. The van der Waals surface area contributed by atoms with E-state index in [1.807, 2.05) is 0 Å². The van der Waals surface area contributed by atoms with Crippen LogP contribution < -0.4 is 0 Å². The van der Waals surface area contributed by atoms with E-state index in [4.69, 9.17) is 0 Å². The monoisotopic (exact) mass is 109 g/mol. The average molecular weight is 109 g/mol. The molecule has 1 atom stereocenters. The van der Waals surface area contributed by atoms with Crippen molar-refractivity contribution in [3.05, 3.63) is 5.92 Å². The van der Waals surface area contributed by atoms with Gasteiger partial charge in [-0.2, -0.15) is 0 Å². The third-order valence-corrected chi connectivity index (χ3v) is 2.42. The highest BCUT2D eigenvalue weighted by molar-refractivity contribution is 5.11. The van der Waals surface area contributed by atoms with Gasteiger partial charge in [0.1, 0.15) is 0 Å². The molecule has 0 spiro atoms. The highest BCUT2D eigenvalue weighted by atomic mass is 14.4. The molecule has 2 rings (SSSR count). The van der Waals surface area contributed by atoms with Crippen LogP contribution in [0.3, 0.4) is 0 Å². The second-order valence-corrected chi connectivity index (χ2v) is 3.43. The smallest absolute Gasteiger partial charge is 0.0238 e. The predicted octanol–water partition coefficient (Wildman–Crippen LogP) is 2.40. The second kappa shape index (κ2) is 1.49. The molecule has 2 aliphatic rings. The Balaban J connectivity index is 1.69. The Bertz CT molecular complexity index is 92.2. The predicted molar refractivity (Wildman–Crippen MR) is 34.4 cm³/mol. The van der Waals surface area contributed by atoms with E-state index >= 15 is 0 Å². The summed E-state index contributed by atoms with van der Waals surface area (Å²) in [6.45, 7) is 2.30. The molecule has 0 aliphatic heterocycles. The summed E-state index contributed by atoms with van der Waals surface area (Å²) in [5.74, 6) is 3.98. The second-order valence-electron chi connectivity index (χ2n) is 3.43. The quantitative estimate of drug-likeness (QED) is 0.510. The molecule has 0 N–H and O–H groups in total. The van der Waals surface area contributed by atoms with Crippen LogP contribution >= 0.6 is 0 Å². The minimum absolute atomic E-state index is 1.07. The summed E-state index contributed by atoms with van der Waals surface area (Å²) in [7, 11) is 0. The lowest BCUT2D eigenvalue weighted by Gasteiger charge is -1.89. The Labute approximate surface area is 51.3 Å². The van der Waals surface area contributed by atoms with Crippen molar-refractivity contribution in [3.8, 4) is 0 Å². The summed E-state index contributed by atoms with van der Waals surface area (Å²) in [6.07, 6.45) is 6.05. The fraction of sp³-hybridized carbons (Fsp3) is 0.875. The van der Waals surface area contributed by atoms with Crippen molar-refractivity contribution in [2.24, 2.45) is 11.8 Å². The van der Waals surface area contributed by atoms with Crippen molar-refractivity contribution >= 4 is 0 Å². The molecule has 2 fully saturated rings. The molecule has 0 saturated heterocycles. The molecule has 45 valence electrons. The van der Waals surface area contributed by atoms with Gasteiger partial charge >= 0.3 is 0 Å². The van der Waals surface area contributed by atoms with Gasteiger partial charge in [-0.3, -0.25) is 0 Å². The SMILES string of the molecule is C[C]1CC1CC1CC1. The topological polar surface area (TPSA) is 0 Å². The van der Waals surface area contributed by atoms with Crippen molar-refractivity contribution in [2.45, 2.75) is 32.6 Å². The molecule has 0 heteroatoms.